The fourth-order valence-electron chi connectivity index (χ4n) is 3.53. The van der Waals surface area contributed by atoms with Crippen LogP contribution in [0.3, 0.4) is 0 Å². The quantitative estimate of drug-likeness (QED) is 0.465. The number of carbonyl (C=O) groups excluding carboxylic acids is 4. The maximum absolute atomic E-state index is 13.2. The van der Waals surface area contributed by atoms with E-state index in [4.69, 9.17) is 4.42 Å². The molecule has 0 bridgehead atoms. The topological polar surface area (TPSA) is 121 Å². The zero-order chi connectivity index (χ0) is 24.3. The number of halogens is 1. The molecule has 174 valence electrons. The number of urea groups is 1. The minimum Gasteiger partial charge on any atom is -0.459 e. The van der Waals surface area contributed by atoms with E-state index < -0.39 is 35.7 Å². The van der Waals surface area contributed by atoms with Gasteiger partial charge < -0.3 is 20.4 Å². The molecule has 1 aliphatic heterocycles. The molecule has 4 rings (SSSR count). The summed E-state index contributed by atoms with van der Waals surface area (Å²) in [6.07, 6.45) is 1.41. The van der Waals surface area contributed by atoms with E-state index in [9.17, 15) is 23.6 Å². The molecule has 2 aromatic carbocycles. The Kier molecular flexibility index (Phi) is 6.13. The van der Waals surface area contributed by atoms with Gasteiger partial charge in [-0.05, 0) is 54.4 Å². The van der Waals surface area contributed by atoms with Gasteiger partial charge in [0.15, 0.2) is 5.76 Å². The predicted molar refractivity (Wildman–Crippen MR) is 119 cm³/mol. The van der Waals surface area contributed by atoms with Gasteiger partial charge in [0.1, 0.15) is 17.9 Å². The van der Waals surface area contributed by atoms with E-state index in [0.29, 0.717) is 11.3 Å². The molecule has 3 aromatic rings. The third kappa shape index (κ3) is 4.65. The number of imide groups is 1. The van der Waals surface area contributed by atoms with Crippen molar-refractivity contribution in [3.8, 4) is 0 Å². The minimum atomic E-state index is -1.39. The molecule has 10 heteroatoms. The normalized spacial score (nSPS) is 17.4. The van der Waals surface area contributed by atoms with Gasteiger partial charge in [-0.15, -0.1) is 0 Å². The van der Waals surface area contributed by atoms with Crippen molar-refractivity contribution in [2.75, 3.05) is 11.9 Å². The van der Waals surface area contributed by atoms with Crippen LogP contribution < -0.4 is 16.0 Å². The lowest BCUT2D eigenvalue weighted by Gasteiger charge is -2.22. The maximum Gasteiger partial charge on any atom is 0.325 e. The zero-order valence-corrected chi connectivity index (χ0v) is 18.1. The number of hydrogen-bond donors (Lipinski definition) is 3. The molecule has 1 fully saturated rings. The van der Waals surface area contributed by atoms with Crippen LogP contribution in [-0.2, 0) is 21.7 Å². The number of carbonyl (C=O) groups is 4. The number of benzene rings is 2. The Morgan fingerprint density at radius 3 is 2.41 bits per heavy atom. The van der Waals surface area contributed by atoms with E-state index >= 15 is 0 Å². The molecule has 1 aromatic heterocycles. The molecule has 1 atom stereocenters. The Labute approximate surface area is 193 Å². The Morgan fingerprint density at radius 1 is 1.06 bits per heavy atom. The number of amides is 5. The van der Waals surface area contributed by atoms with Crippen molar-refractivity contribution < 1.29 is 28.0 Å². The molecular formula is C24H21FN4O5. The first-order chi connectivity index (χ1) is 16.3. The average molecular weight is 464 g/mol. The Hall–Kier alpha value is -4.47. The molecule has 0 radical (unpaired) electrons. The molecule has 1 aliphatic rings. The second-order valence-corrected chi connectivity index (χ2v) is 7.86. The summed E-state index contributed by atoms with van der Waals surface area (Å²) in [6, 6.07) is 14.5. The van der Waals surface area contributed by atoms with Crippen molar-refractivity contribution in [1.82, 2.24) is 15.5 Å². The van der Waals surface area contributed by atoms with Crippen molar-refractivity contribution in [1.29, 1.82) is 0 Å². The van der Waals surface area contributed by atoms with Gasteiger partial charge in [0.05, 0.1) is 6.26 Å². The molecule has 3 N–H and O–H groups in total. The largest absolute Gasteiger partial charge is 0.459 e. The van der Waals surface area contributed by atoms with Crippen LogP contribution in [0.5, 0.6) is 0 Å². The summed E-state index contributed by atoms with van der Waals surface area (Å²) in [6.45, 7) is 1.20. The van der Waals surface area contributed by atoms with Crippen molar-refractivity contribution in [2.45, 2.75) is 19.0 Å². The third-order valence-electron chi connectivity index (χ3n) is 5.44. The minimum absolute atomic E-state index is 0.157. The van der Waals surface area contributed by atoms with Crippen molar-refractivity contribution in [2.24, 2.45) is 0 Å². The lowest BCUT2D eigenvalue weighted by atomic mass is 9.92. The molecule has 34 heavy (non-hydrogen) atoms. The molecular weight excluding hydrogens is 443 g/mol. The van der Waals surface area contributed by atoms with Gasteiger partial charge >= 0.3 is 6.03 Å². The van der Waals surface area contributed by atoms with Crippen LogP contribution >= 0.6 is 0 Å². The van der Waals surface area contributed by atoms with Crippen LogP contribution in [0.15, 0.2) is 71.3 Å². The molecule has 5 amide bonds. The van der Waals surface area contributed by atoms with E-state index in [-0.39, 0.29) is 18.2 Å². The van der Waals surface area contributed by atoms with Crippen molar-refractivity contribution in [3.63, 3.8) is 0 Å². The highest BCUT2D eigenvalue weighted by Gasteiger charge is 2.49. The van der Waals surface area contributed by atoms with Crippen LogP contribution in [0.2, 0.25) is 0 Å². The van der Waals surface area contributed by atoms with Crippen LogP contribution in [0.25, 0.3) is 0 Å². The second kappa shape index (κ2) is 9.18. The van der Waals surface area contributed by atoms with Gasteiger partial charge in [-0.1, -0.05) is 24.3 Å². The van der Waals surface area contributed by atoms with Gasteiger partial charge in [0, 0.05) is 12.2 Å². The van der Waals surface area contributed by atoms with Gasteiger partial charge in [-0.25, -0.2) is 9.18 Å². The summed E-state index contributed by atoms with van der Waals surface area (Å²) in [5.41, 5.74) is 0.323. The number of nitrogens with zero attached hydrogens (tertiary/aromatic N) is 1. The van der Waals surface area contributed by atoms with Gasteiger partial charge in [0.2, 0.25) is 5.91 Å². The van der Waals surface area contributed by atoms with Crippen molar-refractivity contribution in [3.05, 3.63) is 89.6 Å². The molecule has 0 saturated carbocycles. The summed E-state index contributed by atoms with van der Waals surface area (Å²) >= 11 is 0. The summed E-state index contributed by atoms with van der Waals surface area (Å²) in [4.78, 5) is 50.5. The summed E-state index contributed by atoms with van der Waals surface area (Å²) in [5, 5.41) is 7.92. The SMILES string of the molecule is CC1(c2ccc(F)cc2)NC(=O)N(CC(=O)NCc2ccc(NC(=O)c3ccco3)cc2)C1=O. The van der Waals surface area contributed by atoms with Crippen LogP contribution in [0.1, 0.15) is 28.6 Å². The summed E-state index contributed by atoms with van der Waals surface area (Å²) in [5.74, 6) is -1.79. The van der Waals surface area contributed by atoms with Gasteiger partial charge in [0.25, 0.3) is 11.8 Å². The monoisotopic (exact) mass is 464 g/mol. The highest BCUT2D eigenvalue weighted by molar-refractivity contribution is 6.09. The summed E-state index contributed by atoms with van der Waals surface area (Å²) in [7, 11) is 0. The molecule has 2 heterocycles. The highest BCUT2D eigenvalue weighted by atomic mass is 19.1. The molecule has 1 saturated heterocycles. The van der Waals surface area contributed by atoms with E-state index in [1.807, 2.05) is 0 Å². The number of nitrogens with one attached hydrogen (secondary N) is 3. The third-order valence-corrected chi connectivity index (χ3v) is 5.44. The first kappa shape index (κ1) is 22.7. The smallest absolute Gasteiger partial charge is 0.325 e. The average Bonchev–Trinajstić information content (AvgIpc) is 3.43. The van der Waals surface area contributed by atoms with Crippen LogP contribution in [-0.4, -0.2) is 35.2 Å². The van der Waals surface area contributed by atoms with E-state index in [1.165, 1.54) is 37.5 Å². The van der Waals surface area contributed by atoms with Crippen molar-refractivity contribution >= 4 is 29.4 Å². The van der Waals surface area contributed by atoms with E-state index in [2.05, 4.69) is 16.0 Å². The summed E-state index contributed by atoms with van der Waals surface area (Å²) < 4.78 is 18.3. The first-order valence-corrected chi connectivity index (χ1v) is 10.4. The first-order valence-electron chi connectivity index (χ1n) is 10.4. The van der Waals surface area contributed by atoms with E-state index in [0.717, 1.165) is 10.5 Å². The second-order valence-electron chi connectivity index (χ2n) is 7.86. The standard InChI is InChI=1S/C24H21FN4O5/c1-24(16-6-8-17(25)9-7-16)22(32)29(23(33)28-24)14-20(30)26-13-15-4-10-18(11-5-15)27-21(31)19-3-2-12-34-19/h2-12H,13-14H2,1H3,(H,26,30)(H,27,31)(H,28,33). The Bertz CT molecular complexity index is 1230. The highest BCUT2D eigenvalue weighted by Crippen LogP contribution is 2.28. The Morgan fingerprint density at radius 2 is 1.76 bits per heavy atom. The lowest BCUT2D eigenvalue weighted by molar-refractivity contribution is -0.134. The number of furan rings is 1. The fraction of sp³-hybridized carbons (Fsp3) is 0.167. The number of hydrogen-bond acceptors (Lipinski definition) is 5. The zero-order valence-electron chi connectivity index (χ0n) is 18.1. The number of rotatable bonds is 7. The molecule has 0 aliphatic carbocycles. The van der Waals surface area contributed by atoms with Crippen LogP contribution in [0.4, 0.5) is 14.9 Å². The fourth-order valence-corrected chi connectivity index (χ4v) is 3.53. The predicted octanol–water partition coefficient (Wildman–Crippen LogP) is 2.75. The lowest BCUT2D eigenvalue weighted by Crippen LogP contribution is -2.43. The van der Waals surface area contributed by atoms with Crippen LogP contribution in [0, 0.1) is 5.82 Å². The van der Waals surface area contributed by atoms with Gasteiger partial charge in [-0.3, -0.25) is 19.3 Å². The number of anilines is 1. The maximum atomic E-state index is 13.2. The molecule has 1 unspecified atom stereocenters. The Balaban J connectivity index is 1.31. The molecule has 9 nitrogen and oxygen atoms in total. The van der Waals surface area contributed by atoms with Gasteiger partial charge in [-0.2, -0.15) is 0 Å². The molecule has 0 spiro atoms. The van der Waals surface area contributed by atoms with E-state index in [1.54, 1.807) is 36.4 Å².